The zero-order valence-corrected chi connectivity index (χ0v) is 14.6. The van der Waals surface area contributed by atoms with Gasteiger partial charge in [-0.05, 0) is 24.1 Å². The maximum absolute atomic E-state index is 12.3. The minimum atomic E-state index is -4.00. The van der Waals surface area contributed by atoms with E-state index in [0.717, 1.165) is 12.0 Å². The summed E-state index contributed by atoms with van der Waals surface area (Å²) in [6.45, 7) is 6.92. The van der Waals surface area contributed by atoms with E-state index in [-0.39, 0.29) is 10.7 Å². The van der Waals surface area contributed by atoms with Gasteiger partial charge in [0, 0.05) is 11.8 Å². The molecule has 1 rings (SSSR count). The third-order valence-electron chi connectivity index (χ3n) is 3.46. The summed E-state index contributed by atoms with van der Waals surface area (Å²) in [5.74, 6) is -1.70. The van der Waals surface area contributed by atoms with Gasteiger partial charge < -0.3 is 5.11 Å². The van der Waals surface area contributed by atoms with Gasteiger partial charge in [0.25, 0.3) is 0 Å². The number of hydrogen-bond acceptors (Lipinski definition) is 4. The minimum Gasteiger partial charge on any atom is -0.480 e. The number of carboxylic acids is 1. The van der Waals surface area contributed by atoms with Crippen molar-refractivity contribution < 1.29 is 23.1 Å². The van der Waals surface area contributed by atoms with Crippen molar-refractivity contribution in [1.29, 1.82) is 0 Å². The first-order valence-electron chi connectivity index (χ1n) is 7.34. The second-order valence-electron chi connectivity index (χ2n) is 6.39. The van der Waals surface area contributed by atoms with Crippen LogP contribution < -0.4 is 4.72 Å². The highest BCUT2D eigenvalue weighted by Gasteiger charge is 2.31. The fraction of sp³-hybridized carbons (Fsp3) is 0.500. The van der Waals surface area contributed by atoms with Crippen molar-refractivity contribution in [3.8, 4) is 0 Å². The summed E-state index contributed by atoms with van der Waals surface area (Å²) in [7, 11) is -4.00. The summed E-state index contributed by atoms with van der Waals surface area (Å²) in [5, 5.41) is 9.20. The van der Waals surface area contributed by atoms with Crippen molar-refractivity contribution in [2.24, 2.45) is 5.41 Å². The number of rotatable bonds is 7. The third kappa shape index (κ3) is 5.44. The molecule has 0 radical (unpaired) electrons. The lowest BCUT2D eigenvalue weighted by Crippen LogP contribution is -2.43. The molecule has 0 fully saturated rings. The molecule has 6 nitrogen and oxygen atoms in total. The van der Waals surface area contributed by atoms with Crippen LogP contribution in [-0.2, 0) is 26.0 Å². The molecule has 1 aromatic carbocycles. The van der Waals surface area contributed by atoms with Crippen LogP contribution in [0.2, 0.25) is 0 Å². The van der Waals surface area contributed by atoms with E-state index in [1.165, 1.54) is 12.1 Å². The number of carbonyl (C=O) groups is 2. The minimum absolute atomic E-state index is 0.0239. The summed E-state index contributed by atoms with van der Waals surface area (Å²) in [6.07, 6.45) is 0.372. The van der Waals surface area contributed by atoms with Crippen molar-refractivity contribution in [2.75, 3.05) is 0 Å². The summed E-state index contributed by atoms with van der Waals surface area (Å²) in [6, 6.07) is 4.70. The second kappa shape index (κ2) is 7.23. The van der Waals surface area contributed by atoms with Gasteiger partial charge in [0.05, 0.1) is 4.90 Å². The third-order valence-corrected chi connectivity index (χ3v) is 4.95. The van der Waals surface area contributed by atoms with Gasteiger partial charge in [0.15, 0.2) is 0 Å². The SMILES string of the molecule is CCc1ccc(S(=O)(=O)NC(CC(=O)C(C)(C)C)C(=O)O)cc1. The molecule has 0 aliphatic carbocycles. The van der Waals surface area contributed by atoms with Crippen LogP contribution in [0.15, 0.2) is 29.2 Å². The molecule has 0 bridgehead atoms. The van der Waals surface area contributed by atoms with E-state index in [9.17, 15) is 23.1 Å². The lowest BCUT2D eigenvalue weighted by atomic mass is 9.87. The number of aryl methyl sites for hydroxylation is 1. The summed E-state index contributed by atoms with van der Waals surface area (Å²) >= 11 is 0. The Morgan fingerprint density at radius 3 is 2.09 bits per heavy atom. The zero-order chi connectivity index (χ0) is 17.8. The predicted octanol–water partition coefficient (Wildman–Crippen LogP) is 1.99. The first-order chi connectivity index (χ1) is 10.5. The van der Waals surface area contributed by atoms with Crippen molar-refractivity contribution in [3.63, 3.8) is 0 Å². The number of carbonyl (C=O) groups excluding carboxylic acids is 1. The van der Waals surface area contributed by atoms with Gasteiger partial charge in [-0.2, -0.15) is 4.72 Å². The lowest BCUT2D eigenvalue weighted by Gasteiger charge is -2.20. The number of Topliss-reactive ketones (excluding diaryl/α,β-unsaturated/α-hetero) is 1. The van der Waals surface area contributed by atoms with E-state index in [0.29, 0.717) is 0 Å². The molecule has 128 valence electrons. The lowest BCUT2D eigenvalue weighted by molar-refractivity contribution is -0.141. The molecular weight excluding hydrogens is 318 g/mol. The smallest absolute Gasteiger partial charge is 0.322 e. The molecule has 0 saturated carbocycles. The Morgan fingerprint density at radius 1 is 1.17 bits per heavy atom. The first kappa shape index (κ1) is 19.3. The number of carboxylic acid groups (broad SMARTS) is 1. The maximum atomic E-state index is 12.3. The van der Waals surface area contributed by atoms with E-state index >= 15 is 0 Å². The van der Waals surface area contributed by atoms with Crippen LogP contribution in [0.1, 0.15) is 39.7 Å². The molecule has 0 aliphatic rings. The molecule has 1 aromatic rings. The van der Waals surface area contributed by atoms with Crippen LogP contribution in [0, 0.1) is 5.41 Å². The standard InChI is InChI=1S/C16H23NO5S/c1-5-11-6-8-12(9-7-11)23(21,22)17-13(15(19)20)10-14(18)16(2,3)4/h6-9,13,17H,5,10H2,1-4H3,(H,19,20). The largest absolute Gasteiger partial charge is 0.480 e. The van der Waals surface area contributed by atoms with Crippen LogP contribution in [0.25, 0.3) is 0 Å². The number of sulfonamides is 1. The van der Waals surface area contributed by atoms with Crippen LogP contribution in [0.4, 0.5) is 0 Å². The van der Waals surface area contributed by atoms with Gasteiger partial charge in [-0.1, -0.05) is 39.8 Å². The second-order valence-corrected chi connectivity index (χ2v) is 8.10. The van der Waals surface area contributed by atoms with E-state index in [2.05, 4.69) is 4.72 Å². The van der Waals surface area contributed by atoms with Crippen LogP contribution in [-0.4, -0.2) is 31.3 Å². The number of ketones is 1. The average molecular weight is 341 g/mol. The highest BCUT2D eigenvalue weighted by molar-refractivity contribution is 7.89. The van der Waals surface area contributed by atoms with Crippen molar-refractivity contribution in [2.45, 2.75) is 51.5 Å². The van der Waals surface area contributed by atoms with Gasteiger partial charge in [-0.15, -0.1) is 0 Å². The highest BCUT2D eigenvalue weighted by Crippen LogP contribution is 2.19. The molecule has 0 amide bonds. The average Bonchev–Trinajstić information content (AvgIpc) is 2.45. The van der Waals surface area contributed by atoms with Gasteiger partial charge in [0.1, 0.15) is 11.8 Å². The molecule has 1 atom stereocenters. The van der Waals surface area contributed by atoms with Crippen molar-refractivity contribution in [3.05, 3.63) is 29.8 Å². The molecule has 2 N–H and O–H groups in total. The van der Waals surface area contributed by atoms with Gasteiger partial charge in [-0.3, -0.25) is 9.59 Å². The predicted molar refractivity (Wildman–Crippen MR) is 86.6 cm³/mol. The Balaban J connectivity index is 2.98. The summed E-state index contributed by atoms with van der Waals surface area (Å²) < 4.78 is 26.7. The first-order valence-corrected chi connectivity index (χ1v) is 8.83. The normalized spacial score (nSPS) is 13.6. The molecule has 0 aromatic heterocycles. The Kier molecular flexibility index (Phi) is 6.07. The summed E-state index contributed by atoms with van der Waals surface area (Å²) in [4.78, 5) is 23.3. The molecule has 0 aliphatic heterocycles. The van der Waals surface area contributed by atoms with Crippen LogP contribution >= 0.6 is 0 Å². The van der Waals surface area contributed by atoms with Crippen LogP contribution in [0.3, 0.4) is 0 Å². The van der Waals surface area contributed by atoms with E-state index in [1.807, 2.05) is 6.92 Å². The number of aliphatic carboxylic acids is 1. The topological polar surface area (TPSA) is 101 Å². The number of nitrogens with one attached hydrogen (secondary N) is 1. The number of hydrogen-bond donors (Lipinski definition) is 2. The van der Waals surface area contributed by atoms with E-state index < -0.39 is 33.9 Å². The zero-order valence-electron chi connectivity index (χ0n) is 13.8. The Morgan fingerprint density at radius 2 is 1.70 bits per heavy atom. The molecule has 0 saturated heterocycles. The van der Waals surface area contributed by atoms with Crippen molar-refractivity contribution >= 4 is 21.8 Å². The fourth-order valence-electron chi connectivity index (χ4n) is 1.83. The van der Waals surface area contributed by atoms with Gasteiger partial charge in [-0.25, -0.2) is 8.42 Å². The molecule has 0 heterocycles. The molecular formula is C16H23NO5S. The molecule has 0 spiro atoms. The van der Waals surface area contributed by atoms with Crippen molar-refractivity contribution in [1.82, 2.24) is 4.72 Å². The maximum Gasteiger partial charge on any atom is 0.322 e. The Labute approximate surface area is 137 Å². The Hall–Kier alpha value is -1.73. The molecule has 23 heavy (non-hydrogen) atoms. The number of benzene rings is 1. The Bertz CT molecular complexity index is 671. The van der Waals surface area contributed by atoms with E-state index in [1.54, 1.807) is 32.9 Å². The summed E-state index contributed by atoms with van der Waals surface area (Å²) in [5.41, 5.74) is 0.240. The highest BCUT2D eigenvalue weighted by atomic mass is 32.2. The molecule has 7 heteroatoms. The fourth-order valence-corrected chi connectivity index (χ4v) is 3.02. The van der Waals surface area contributed by atoms with Gasteiger partial charge in [0.2, 0.25) is 10.0 Å². The monoisotopic (exact) mass is 341 g/mol. The van der Waals surface area contributed by atoms with Crippen LogP contribution in [0.5, 0.6) is 0 Å². The van der Waals surface area contributed by atoms with Gasteiger partial charge >= 0.3 is 5.97 Å². The molecule has 1 unspecified atom stereocenters. The van der Waals surface area contributed by atoms with E-state index in [4.69, 9.17) is 0 Å². The quantitative estimate of drug-likeness (QED) is 0.790.